The normalized spacial score (nSPS) is 10.6. The average molecular weight is 297 g/mol. The number of nitrogens with one attached hydrogen (secondary N) is 1. The minimum atomic E-state index is -0.856. The summed E-state index contributed by atoms with van der Waals surface area (Å²) in [6.07, 6.45) is 1.69. The Bertz CT molecular complexity index is 846. The molecule has 22 heavy (non-hydrogen) atoms. The zero-order valence-electron chi connectivity index (χ0n) is 11.5. The quantitative estimate of drug-likeness (QED) is 0.586. The van der Waals surface area contributed by atoms with Crippen LogP contribution in [-0.2, 0) is 6.54 Å². The third kappa shape index (κ3) is 2.58. The number of pyridine rings is 1. The number of aromatic nitrogens is 1. The van der Waals surface area contributed by atoms with E-state index < -0.39 is 16.4 Å². The molecule has 0 saturated heterocycles. The smallest absolute Gasteiger partial charge is 0.327 e. The summed E-state index contributed by atoms with van der Waals surface area (Å²) in [5.41, 5.74) is 1.31. The third-order valence-corrected chi connectivity index (χ3v) is 3.35. The molecule has 0 radical (unpaired) electrons. The number of nitro groups is 1. The molecule has 2 aromatic carbocycles. The van der Waals surface area contributed by atoms with Gasteiger partial charge in [-0.3, -0.25) is 15.1 Å². The first-order chi connectivity index (χ1) is 10.7. The van der Waals surface area contributed by atoms with E-state index in [9.17, 15) is 14.5 Å². The summed E-state index contributed by atoms with van der Waals surface area (Å²) in [6.45, 7) is 0.318. The van der Waals surface area contributed by atoms with Gasteiger partial charge >= 0.3 is 5.69 Å². The Labute approximate surface area is 125 Å². The summed E-state index contributed by atoms with van der Waals surface area (Å²) >= 11 is 0. The zero-order valence-corrected chi connectivity index (χ0v) is 11.5. The van der Waals surface area contributed by atoms with Gasteiger partial charge in [-0.1, -0.05) is 30.3 Å². The summed E-state index contributed by atoms with van der Waals surface area (Å²) in [4.78, 5) is 14.6. The molecule has 0 bridgehead atoms. The van der Waals surface area contributed by atoms with Crippen molar-refractivity contribution in [2.75, 3.05) is 5.32 Å². The Morgan fingerprint density at radius 2 is 1.91 bits per heavy atom. The number of rotatable bonds is 4. The van der Waals surface area contributed by atoms with E-state index in [2.05, 4.69) is 10.3 Å². The molecule has 1 N–H and O–H groups in total. The van der Waals surface area contributed by atoms with Crippen LogP contribution in [0.15, 0.2) is 54.7 Å². The number of anilines is 1. The maximum Gasteiger partial charge on any atom is 0.327 e. The van der Waals surface area contributed by atoms with Crippen LogP contribution in [0, 0.1) is 15.9 Å². The van der Waals surface area contributed by atoms with Crippen LogP contribution in [0.4, 0.5) is 15.8 Å². The van der Waals surface area contributed by atoms with Gasteiger partial charge in [0.25, 0.3) is 0 Å². The van der Waals surface area contributed by atoms with E-state index in [1.54, 1.807) is 6.20 Å². The number of halogens is 1. The van der Waals surface area contributed by atoms with Crippen molar-refractivity contribution in [3.8, 4) is 0 Å². The van der Waals surface area contributed by atoms with Crippen LogP contribution in [0.2, 0.25) is 0 Å². The molecule has 0 saturated carbocycles. The van der Waals surface area contributed by atoms with Crippen LogP contribution >= 0.6 is 0 Å². The van der Waals surface area contributed by atoms with Crippen LogP contribution in [0.1, 0.15) is 5.56 Å². The molecule has 1 heterocycles. The second kappa shape index (κ2) is 5.77. The van der Waals surface area contributed by atoms with Crippen LogP contribution in [0.5, 0.6) is 0 Å². The maximum absolute atomic E-state index is 13.6. The molecule has 3 rings (SSSR count). The summed E-state index contributed by atoms with van der Waals surface area (Å²) in [5.74, 6) is -0.856. The predicted octanol–water partition coefficient (Wildman–Crippen LogP) is 3.89. The standard InChI is InChI=1S/C16H12FN3O2/c17-13-7-2-8-14(16(13)20(21)22)19-10-12-5-1-4-11-6-3-9-18-15(11)12/h1-9,19H,10H2. The number of para-hydroxylation sites is 2. The van der Waals surface area contributed by atoms with Gasteiger partial charge in [-0.15, -0.1) is 0 Å². The Balaban J connectivity index is 1.92. The van der Waals surface area contributed by atoms with E-state index in [0.717, 1.165) is 22.5 Å². The summed E-state index contributed by atoms with van der Waals surface area (Å²) in [5, 5.41) is 14.9. The number of fused-ring (bicyclic) bond motifs is 1. The number of benzene rings is 2. The lowest BCUT2D eigenvalue weighted by molar-refractivity contribution is -0.386. The van der Waals surface area contributed by atoms with Crippen LogP contribution in [0.3, 0.4) is 0 Å². The third-order valence-electron chi connectivity index (χ3n) is 3.35. The van der Waals surface area contributed by atoms with Crippen molar-refractivity contribution in [3.63, 3.8) is 0 Å². The largest absolute Gasteiger partial charge is 0.375 e. The zero-order chi connectivity index (χ0) is 15.5. The van der Waals surface area contributed by atoms with Crippen LogP contribution < -0.4 is 5.32 Å². The van der Waals surface area contributed by atoms with E-state index >= 15 is 0 Å². The van der Waals surface area contributed by atoms with Gasteiger partial charge in [-0.25, -0.2) is 0 Å². The Morgan fingerprint density at radius 1 is 1.14 bits per heavy atom. The topological polar surface area (TPSA) is 68.1 Å². The van der Waals surface area contributed by atoms with Gasteiger partial charge in [0.2, 0.25) is 5.82 Å². The van der Waals surface area contributed by atoms with E-state index in [1.807, 2.05) is 30.3 Å². The van der Waals surface area contributed by atoms with Crippen LogP contribution in [0.25, 0.3) is 10.9 Å². The van der Waals surface area contributed by atoms with Gasteiger partial charge in [-0.2, -0.15) is 4.39 Å². The fourth-order valence-electron chi connectivity index (χ4n) is 2.34. The first-order valence-electron chi connectivity index (χ1n) is 6.66. The minimum Gasteiger partial charge on any atom is -0.375 e. The molecule has 0 fully saturated rings. The monoisotopic (exact) mass is 297 g/mol. The van der Waals surface area contributed by atoms with Crippen molar-refractivity contribution >= 4 is 22.3 Å². The van der Waals surface area contributed by atoms with Gasteiger partial charge in [0.15, 0.2) is 0 Å². The van der Waals surface area contributed by atoms with Crippen molar-refractivity contribution < 1.29 is 9.31 Å². The lowest BCUT2D eigenvalue weighted by atomic mass is 10.1. The van der Waals surface area contributed by atoms with Gasteiger partial charge in [0.05, 0.1) is 10.4 Å². The van der Waals surface area contributed by atoms with Crippen molar-refractivity contribution in [2.45, 2.75) is 6.54 Å². The van der Waals surface area contributed by atoms with E-state index in [-0.39, 0.29) is 5.69 Å². The second-order valence-corrected chi connectivity index (χ2v) is 4.74. The molecule has 1 aromatic heterocycles. The minimum absolute atomic E-state index is 0.151. The van der Waals surface area contributed by atoms with Gasteiger partial charge < -0.3 is 5.32 Å². The summed E-state index contributed by atoms with van der Waals surface area (Å²) < 4.78 is 13.6. The van der Waals surface area contributed by atoms with Gasteiger partial charge in [0.1, 0.15) is 5.69 Å². The van der Waals surface area contributed by atoms with E-state index in [0.29, 0.717) is 6.54 Å². The fraction of sp³-hybridized carbons (Fsp3) is 0.0625. The summed E-state index contributed by atoms with van der Waals surface area (Å²) in [7, 11) is 0. The molecule has 0 aliphatic carbocycles. The number of nitrogens with zero attached hydrogens (tertiary/aromatic N) is 2. The number of nitro benzene ring substituents is 1. The second-order valence-electron chi connectivity index (χ2n) is 4.74. The molecule has 3 aromatic rings. The lowest BCUT2D eigenvalue weighted by Gasteiger charge is -2.09. The Hall–Kier alpha value is -3.02. The molecular weight excluding hydrogens is 285 g/mol. The highest BCUT2D eigenvalue weighted by atomic mass is 19.1. The van der Waals surface area contributed by atoms with E-state index in [1.165, 1.54) is 12.1 Å². The van der Waals surface area contributed by atoms with Crippen molar-refractivity contribution in [1.29, 1.82) is 0 Å². The van der Waals surface area contributed by atoms with Crippen molar-refractivity contribution in [1.82, 2.24) is 4.98 Å². The predicted molar refractivity (Wildman–Crippen MR) is 82.1 cm³/mol. The molecule has 0 atom stereocenters. The average Bonchev–Trinajstić information content (AvgIpc) is 2.52. The molecule has 0 aliphatic heterocycles. The molecule has 0 amide bonds. The van der Waals surface area contributed by atoms with E-state index in [4.69, 9.17) is 0 Å². The molecule has 5 nitrogen and oxygen atoms in total. The lowest BCUT2D eigenvalue weighted by Crippen LogP contribution is -2.04. The Morgan fingerprint density at radius 3 is 2.73 bits per heavy atom. The Kier molecular flexibility index (Phi) is 3.65. The highest BCUT2D eigenvalue weighted by molar-refractivity contribution is 5.81. The molecular formula is C16H12FN3O2. The molecule has 6 heteroatoms. The van der Waals surface area contributed by atoms with Crippen molar-refractivity contribution in [3.05, 3.63) is 76.2 Å². The molecule has 0 unspecified atom stereocenters. The number of hydrogen-bond acceptors (Lipinski definition) is 4. The highest BCUT2D eigenvalue weighted by Gasteiger charge is 2.19. The van der Waals surface area contributed by atoms with Gasteiger partial charge in [0, 0.05) is 18.1 Å². The van der Waals surface area contributed by atoms with Crippen LogP contribution in [-0.4, -0.2) is 9.91 Å². The highest BCUT2D eigenvalue weighted by Crippen LogP contribution is 2.28. The molecule has 110 valence electrons. The first kappa shape index (κ1) is 13.9. The first-order valence-corrected chi connectivity index (χ1v) is 6.66. The fourth-order valence-corrected chi connectivity index (χ4v) is 2.34. The maximum atomic E-state index is 13.6. The van der Waals surface area contributed by atoms with Gasteiger partial charge in [-0.05, 0) is 23.8 Å². The SMILES string of the molecule is O=[N+]([O-])c1c(F)cccc1NCc1cccc2cccnc12. The summed E-state index contributed by atoms with van der Waals surface area (Å²) in [6, 6.07) is 13.5. The number of hydrogen-bond donors (Lipinski definition) is 1. The molecule has 0 aliphatic rings. The van der Waals surface area contributed by atoms with Crippen molar-refractivity contribution in [2.24, 2.45) is 0 Å². The molecule has 0 spiro atoms.